The Morgan fingerprint density at radius 3 is 1.58 bits per heavy atom. The molecule has 0 radical (unpaired) electrons. The summed E-state index contributed by atoms with van der Waals surface area (Å²) in [4.78, 5) is 22.4. The first kappa shape index (κ1) is 51.5. The number of ether oxygens (including phenoxy) is 2. The van der Waals surface area contributed by atoms with Crippen molar-refractivity contribution in [2.45, 2.75) is 193 Å². The quantitative estimate of drug-likeness (QED) is 0.0273. The molecular weight excluding hydrogens is 685 g/mol. The van der Waals surface area contributed by atoms with E-state index in [1.54, 1.807) is 0 Å². The van der Waals surface area contributed by atoms with Gasteiger partial charge in [0.25, 0.3) is 0 Å². The van der Waals surface area contributed by atoms with Crippen LogP contribution in [0.2, 0.25) is 0 Å². The van der Waals surface area contributed by atoms with Crippen LogP contribution < -0.4 is 5.73 Å². The summed E-state index contributed by atoms with van der Waals surface area (Å²) in [6.45, 7) is 4.80. The van der Waals surface area contributed by atoms with Crippen LogP contribution in [-0.4, -0.2) is 49.9 Å². The van der Waals surface area contributed by atoms with Crippen LogP contribution >= 0.6 is 7.82 Å². The van der Waals surface area contributed by atoms with Gasteiger partial charge in [-0.15, -0.1) is 0 Å². The lowest BCUT2D eigenvalue weighted by Gasteiger charge is -2.20. The minimum Gasteiger partial charge on any atom is -0.457 e. The molecule has 0 saturated carbocycles. The lowest BCUT2D eigenvalue weighted by molar-refractivity contribution is -0.154. The lowest BCUT2D eigenvalue weighted by Crippen LogP contribution is -2.28. The Hall–Kier alpha value is -1.54. The van der Waals surface area contributed by atoms with Crippen LogP contribution in [0.5, 0.6) is 0 Å². The number of allylic oxidation sites excluding steroid dienone is 8. The van der Waals surface area contributed by atoms with E-state index in [1.165, 1.54) is 109 Å². The Bertz CT molecular complexity index is 952. The summed E-state index contributed by atoms with van der Waals surface area (Å²) in [5.41, 5.74) is 5.36. The van der Waals surface area contributed by atoms with Crippen molar-refractivity contribution < 1.29 is 32.8 Å². The number of rotatable bonds is 41. The molecule has 0 heterocycles. The van der Waals surface area contributed by atoms with E-state index in [0.717, 1.165) is 57.8 Å². The molecular formula is C44H82NO7P. The minimum absolute atomic E-state index is 0.0957. The van der Waals surface area contributed by atoms with Gasteiger partial charge in [0.2, 0.25) is 0 Å². The first-order valence-electron chi connectivity index (χ1n) is 21.6. The Morgan fingerprint density at radius 2 is 1.06 bits per heavy atom. The monoisotopic (exact) mass is 768 g/mol. The Morgan fingerprint density at radius 1 is 0.585 bits per heavy atom. The smallest absolute Gasteiger partial charge is 0.457 e. The van der Waals surface area contributed by atoms with Crippen molar-refractivity contribution in [3.8, 4) is 0 Å². The Labute approximate surface area is 326 Å². The number of hydrogen-bond donors (Lipinski definition) is 2. The lowest BCUT2D eigenvalue weighted by atomic mass is 10.0. The first-order valence-corrected chi connectivity index (χ1v) is 23.1. The Kier molecular flexibility index (Phi) is 40.4. The molecule has 9 heteroatoms. The topological polar surface area (TPSA) is 117 Å². The van der Waals surface area contributed by atoms with Crippen molar-refractivity contribution in [2.75, 3.05) is 33.0 Å². The molecule has 0 aromatic rings. The molecule has 0 fully saturated rings. The van der Waals surface area contributed by atoms with Gasteiger partial charge in [-0.1, -0.05) is 178 Å². The maximum atomic E-state index is 12.6. The van der Waals surface area contributed by atoms with Crippen LogP contribution in [0.15, 0.2) is 48.6 Å². The van der Waals surface area contributed by atoms with Crippen LogP contribution in [0.4, 0.5) is 0 Å². The summed E-state index contributed by atoms with van der Waals surface area (Å²) in [5, 5.41) is 0. The molecule has 0 saturated heterocycles. The van der Waals surface area contributed by atoms with Crippen molar-refractivity contribution >= 4 is 13.8 Å². The molecule has 0 aliphatic carbocycles. The second-order valence-electron chi connectivity index (χ2n) is 14.2. The maximum Gasteiger partial charge on any atom is 0.472 e. The molecule has 0 amide bonds. The fourth-order valence-electron chi connectivity index (χ4n) is 5.87. The molecule has 3 N–H and O–H groups in total. The SMILES string of the molecule is CC/C=C\C/C=C\C/C=C\C/C=C\CCCCCCCCCCCCCCC(=O)OC(COCCCCCCCCCCC)COP(=O)(O)OCCN. The number of phosphoric ester groups is 1. The highest BCUT2D eigenvalue weighted by Crippen LogP contribution is 2.43. The van der Waals surface area contributed by atoms with Gasteiger partial charge in [0.1, 0.15) is 6.10 Å². The van der Waals surface area contributed by atoms with Crippen LogP contribution in [0, 0.1) is 0 Å². The summed E-state index contributed by atoms with van der Waals surface area (Å²) >= 11 is 0. The zero-order valence-electron chi connectivity index (χ0n) is 34.2. The van der Waals surface area contributed by atoms with Gasteiger partial charge in [-0.2, -0.15) is 0 Å². The molecule has 53 heavy (non-hydrogen) atoms. The van der Waals surface area contributed by atoms with Crippen LogP contribution in [0.3, 0.4) is 0 Å². The van der Waals surface area contributed by atoms with Crippen molar-refractivity contribution in [3.05, 3.63) is 48.6 Å². The standard InChI is InChI=1S/C44H82NO7P/c1-3-5-7-9-11-13-14-15-16-17-18-19-20-21-22-23-24-25-26-27-28-29-31-33-35-37-44(46)52-43(42-51-53(47,48)50-40-38-45)41-49-39-36-34-32-30-12-10-8-6-4-2/h5,7,11,13,15-16,18-19,43H,3-4,6,8-10,12,14,17,20-42,45H2,1-2H3,(H,47,48)/b7-5-,13-11-,16-15-,19-18-. The van der Waals surface area contributed by atoms with Crippen LogP contribution in [0.1, 0.15) is 187 Å². The van der Waals surface area contributed by atoms with Gasteiger partial charge in [0.05, 0.1) is 19.8 Å². The third-order valence-corrected chi connectivity index (χ3v) is 9.99. The Balaban J connectivity index is 3.90. The zero-order chi connectivity index (χ0) is 38.8. The molecule has 0 spiro atoms. The predicted molar refractivity (Wildman–Crippen MR) is 224 cm³/mol. The number of esters is 1. The van der Waals surface area contributed by atoms with E-state index in [9.17, 15) is 14.3 Å². The summed E-state index contributed by atoms with van der Waals surface area (Å²) < 4.78 is 33.3. The predicted octanol–water partition coefficient (Wildman–Crippen LogP) is 12.8. The third kappa shape index (κ3) is 41.5. The van der Waals surface area contributed by atoms with Crippen LogP contribution in [0.25, 0.3) is 0 Å². The molecule has 0 aliphatic rings. The summed E-state index contributed by atoms with van der Waals surface area (Å²) in [6, 6.07) is 0. The summed E-state index contributed by atoms with van der Waals surface area (Å²) in [7, 11) is -4.27. The molecule has 0 aromatic carbocycles. The van der Waals surface area contributed by atoms with Crippen LogP contribution in [-0.2, 0) is 27.9 Å². The highest BCUT2D eigenvalue weighted by atomic mass is 31.2. The number of nitrogens with two attached hydrogens (primary N) is 1. The van der Waals surface area contributed by atoms with E-state index in [2.05, 4.69) is 62.5 Å². The van der Waals surface area contributed by atoms with Crippen molar-refractivity contribution in [3.63, 3.8) is 0 Å². The number of phosphoric acid groups is 1. The number of carbonyl (C=O) groups is 1. The molecule has 8 nitrogen and oxygen atoms in total. The van der Waals surface area contributed by atoms with E-state index < -0.39 is 13.9 Å². The van der Waals surface area contributed by atoms with Crippen molar-refractivity contribution in [1.82, 2.24) is 0 Å². The van der Waals surface area contributed by atoms with E-state index >= 15 is 0 Å². The largest absolute Gasteiger partial charge is 0.472 e. The van der Waals surface area contributed by atoms with E-state index in [4.69, 9.17) is 24.3 Å². The van der Waals surface area contributed by atoms with Gasteiger partial charge in [0, 0.05) is 19.6 Å². The maximum absolute atomic E-state index is 12.6. The van der Waals surface area contributed by atoms with Gasteiger partial charge >= 0.3 is 13.8 Å². The van der Waals surface area contributed by atoms with Crippen molar-refractivity contribution in [2.24, 2.45) is 5.73 Å². The van der Waals surface area contributed by atoms with Gasteiger partial charge in [0.15, 0.2) is 0 Å². The summed E-state index contributed by atoms with van der Waals surface area (Å²) in [5.74, 6) is -0.334. The van der Waals surface area contributed by atoms with E-state index in [0.29, 0.717) is 13.0 Å². The fourth-order valence-corrected chi connectivity index (χ4v) is 6.64. The molecule has 2 atom stereocenters. The first-order chi connectivity index (χ1) is 25.9. The molecule has 2 unspecified atom stereocenters. The van der Waals surface area contributed by atoms with Gasteiger partial charge in [-0.05, 0) is 51.4 Å². The number of unbranched alkanes of at least 4 members (excludes halogenated alkanes) is 20. The normalized spacial score (nSPS) is 14.0. The van der Waals surface area contributed by atoms with E-state index in [-0.39, 0.29) is 32.3 Å². The number of carbonyl (C=O) groups excluding carboxylic acids is 1. The number of hydrogen-bond acceptors (Lipinski definition) is 7. The second kappa shape index (κ2) is 41.6. The highest BCUT2D eigenvalue weighted by Gasteiger charge is 2.25. The van der Waals surface area contributed by atoms with Gasteiger partial charge in [-0.25, -0.2) is 4.57 Å². The average molecular weight is 768 g/mol. The highest BCUT2D eigenvalue weighted by molar-refractivity contribution is 7.47. The third-order valence-electron chi connectivity index (χ3n) is 9.01. The van der Waals surface area contributed by atoms with Gasteiger partial charge in [-0.3, -0.25) is 13.8 Å². The molecule has 0 bridgehead atoms. The zero-order valence-corrected chi connectivity index (χ0v) is 35.1. The minimum atomic E-state index is -4.27. The van der Waals surface area contributed by atoms with Gasteiger partial charge < -0.3 is 20.1 Å². The molecule has 0 aliphatic heterocycles. The van der Waals surface area contributed by atoms with Crippen molar-refractivity contribution in [1.29, 1.82) is 0 Å². The van der Waals surface area contributed by atoms with E-state index in [1.807, 2.05) is 0 Å². The second-order valence-corrected chi connectivity index (χ2v) is 15.6. The summed E-state index contributed by atoms with van der Waals surface area (Å²) in [6.07, 6.45) is 48.5. The molecule has 310 valence electrons. The average Bonchev–Trinajstić information content (AvgIpc) is 3.15. The molecule has 0 aromatic heterocycles. The fraction of sp³-hybridized carbons (Fsp3) is 0.795. The molecule has 0 rings (SSSR count).